The van der Waals surface area contributed by atoms with Crippen LogP contribution in [-0.2, 0) is 4.79 Å². The van der Waals surface area contributed by atoms with Gasteiger partial charge in [-0.2, -0.15) is 0 Å². The minimum Gasteiger partial charge on any atom is -0.504 e. The van der Waals surface area contributed by atoms with Crippen LogP contribution in [0.5, 0.6) is 11.5 Å². The molecule has 1 N–H and O–H groups in total. The van der Waals surface area contributed by atoms with E-state index in [9.17, 15) is 9.90 Å². The van der Waals surface area contributed by atoms with E-state index < -0.39 is 0 Å². The molecule has 1 aliphatic carbocycles. The maximum Gasteiger partial charge on any atom is 0.267 e. The molecule has 1 aliphatic heterocycles. The van der Waals surface area contributed by atoms with E-state index in [4.69, 9.17) is 9.73 Å². The highest BCUT2D eigenvalue weighted by Gasteiger charge is 2.39. The van der Waals surface area contributed by atoms with Gasteiger partial charge in [0, 0.05) is 6.04 Å². The van der Waals surface area contributed by atoms with Gasteiger partial charge in [-0.05, 0) is 83.1 Å². The third kappa shape index (κ3) is 4.30. The zero-order valence-electron chi connectivity index (χ0n) is 16.0. The topological polar surface area (TPSA) is 62.1 Å². The monoisotopic (exact) mass is 520 g/mol. The van der Waals surface area contributed by atoms with Gasteiger partial charge in [0.25, 0.3) is 5.91 Å². The van der Waals surface area contributed by atoms with E-state index >= 15 is 0 Å². The van der Waals surface area contributed by atoms with Crippen LogP contribution in [-0.4, -0.2) is 34.2 Å². The third-order valence-corrected chi connectivity index (χ3v) is 6.88. The van der Waals surface area contributed by atoms with Gasteiger partial charge in [0.15, 0.2) is 16.7 Å². The fourth-order valence-corrected chi connectivity index (χ4v) is 5.33. The van der Waals surface area contributed by atoms with Crippen molar-refractivity contribution in [3.05, 3.63) is 56.5 Å². The van der Waals surface area contributed by atoms with Crippen molar-refractivity contribution in [1.29, 1.82) is 0 Å². The second-order valence-electron chi connectivity index (χ2n) is 7.01. The summed E-state index contributed by atoms with van der Waals surface area (Å²) in [6, 6.07) is 13.5. The summed E-state index contributed by atoms with van der Waals surface area (Å²) in [5, 5.41) is 10.8. The number of phenols is 1. The van der Waals surface area contributed by atoms with Gasteiger partial charge < -0.3 is 9.84 Å². The number of aromatic hydroxyl groups is 1. The molecule has 29 heavy (non-hydrogen) atoms. The lowest BCUT2D eigenvalue weighted by Crippen LogP contribution is -2.37. The first-order valence-corrected chi connectivity index (χ1v) is 11.4. The molecule has 1 saturated carbocycles. The normalized spacial score (nSPS) is 20.2. The van der Waals surface area contributed by atoms with Gasteiger partial charge in [0.05, 0.1) is 21.3 Å². The smallest absolute Gasteiger partial charge is 0.267 e. The summed E-state index contributed by atoms with van der Waals surface area (Å²) in [5.41, 5.74) is 1.65. The van der Waals surface area contributed by atoms with E-state index in [0.717, 1.165) is 42.1 Å². The fraction of sp³-hybridized carbons (Fsp3) is 0.273. The van der Waals surface area contributed by atoms with Crippen molar-refractivity contribution in [2.75, 3.05) is 7.11 Å². The second kappa shape index (κ2) is 8.79. The highest BCUT2D eigenvalue weighted by molar-refractivity contribution is 14.1. The number of nitrogens with zero attached hydrogens (tertiary/aromatic N) is 2. The van der Waals surface area contributed by atoms with Crippen molar-refractivity contribution in [3.63, 3.8) is 0 Å². The van der Waals surface area contributed by atoms with Gasteiger partial charge in [0.1, 0.15) is 0 Å². The minimum atomic E-state index is -0.00127. The average Bonchev–Trinajstić information content (AvgIpc) is 3.34. The molecular weight excluding hydrogens is 499 g/mol. The number of amides is 1. The molecule has 0 radical (unpaired) electrons. The Kier molecular flexibility index (Phi) is 6.15. The Morgan fingerprint density at radius 3 is 2.66 bits per heavy atom. The van der Waals surface area contributed by atoms with Crippen LogP contribution in [0.25, 0.3) is 6.08 Å². The summed E-state index contributed by atoms with van der Waals surface area (Å²) in [6.07, 6.45) is 6.16. The molecule has 2 fully saturated rings. The molecule has 7 heteroatoms. The molecule has 2 aliphatic rings. The number of thioether (sulfide) groups is 1. The van der Waals surface area contributed by atoms with E-state index in [1.807, 2.05) is 47.4 Å². The summed E-state index contributed by atoms with van der Waals surface area (Å²) in [7, 11) is 1.52. The molecule has 150 valence electrons. The van der Waals surface area contributed by atoms with Crippen LogP contribution < -0.4 is 4.74 Å². The van der Waals surface area contributed by atoms with Crippen LogP contribution in [0.1, 0.15) is 31.2 Å². The number of hydrogen-bond acceptors (Lipinski definition) is 5. The SMILES string of the molecule is COc1cc(/C=C2/SC(=Nc3ccccc3)N(C3CCCC3)C2=O)cc(I)c1O. The van der Waals surface area contributed by atoms with E-state index in [1.54, 1.807) is 6.07 Å². The highest BCUT2D eigenvalue weighted by atomic mass is 127. The number of carbonyl (C=O) groups excluding carboxylic acids is 1. The van der Waals surface area contributed by atoms with Gasteiger partial charge in [0.2, 0.25) is 0 Å². The zero-order valence-corrected chi connectivity index (χ0v) is 18.9. The molecule has 5 nitrogen and oxygen atoms in total. The Morgan fingerprint density at radius 1 is 1.24 bits per heavy atom. The maximum atomic E-state index is 13.3. The lowest BCUT2D eigenvalue weighted by Gasteiger charge is -2.22. The molecule has 1 heterocycles. The summed E-state index contributed by atoms with van der Waals surface area (Å²) >= 11 is 3.47. The highest BCUT2D eigenvalue weighted by Crippen LogP contribution is 2.40. The molecule has 2 aromatic rings. The molecule has 0 unspecified atom stereocenters. The number of benzene rings is 2. The molecular formula is C22H21IN2O3S. The zero-order chi connectivity index (χ0) is 20.4. The first kappa shape index (κ1) is 20.3. The van der Waals surface area contributed by atoms with Crippen LogP contribution in [0.4, 0.5) is 5.69 Å². The van der Waals surface area contributed by atoms with Crippen molar-refractivity contribution in [1.82, 2.24) is 4.90 Å². The molecule has 0 spiro atoms. The number of halogens is 1. The molecule has 2 aromatic carbocycles. The van der Waals surface area contributed by atoms with E-state index in [2.05, 4.69) is 22.6 Å². The Labute approximate surface area is 188 Å². The number of methoxy groups -OCH3 is 1. The van der Waals surface area contributed by atoms with Crippen molar-refractivity contribution in [2.24, 2.45) is 4.99 Å². The molecule has 1 saturated heterocycles. The van der Waals surface area contributed by atoms with Gasteiger partial charge >= 0.3 is 0 Å². The Hall–Kier alpha value is -2.00. The number of aliphatic imine (C=N–C) groups is 1. The summed E-state index contributed by atoms with van der Waals surface area (Å²) < 4.78 is 5.93. The molecule has 1 amide bonds. The number of carbonyl (C=O) groups is 1. The number of phenolic OH excluding ortho intramolecular Hbond substituents is 1. The van der Waals surface area contributed by atoms with Crippen molar-refractivity contribution >= 4 is 57.2 Å². The number of para-hydroxylation sites is 1. The van der Waals surface area contributed by atoms with Gasteiger partial charge in [-0.1, -0.05) is 31.0 Å². The number of hydrogen-bond donors (Lipinski definition) is 1. The number of amidine groups is 1. The average molecular weight is 520 g/mol. The predicted octanol–water partition coefficient (Wildman–Crippen LogP) is 5.55. The van der Waals surface area contributed by atoms with Crippen molar-refractivity contribution < 1.29 is 14.6 Å². The number of ether oxygens (including phenoxy) is 1. The Balaban J connectivity index is 1.72. The lowest BCUT2D eigenvalue weighted by molar-refractivity contribution is -0.123. The molecule has 0 aromatic heterocycles. The Bertz CT molecular complexity index is 985. The predicted molar refractivity (Wildman–Crippen MR) is 126 cm³/mol. The van der Waals surface area contributed by atoms with Gasteiger partial charge in [-0.25, -0.2) is 4.99 Å². The van der Waals surface area contributed by atoms with Gasteiger partial charge in [-0.3, -0.25) is 9.69 Å². The lowest BCUT2D eigenvalue weighted by atomic mass is 10.1. The van der Waals surface area contributed by atoms with Crippen molar-refractivity contribution in [3.8, 4) is 11.5 Å². The largest absolute Gasteiger partial charge is 0.504 e. The standard InChI is InChI=1S/C22H21IN2O3S/c1-28-18-12-14(11-17(23)20(18)26)13-19-21(27)25(16-9-5-6-10-16)22(29-19)24-15-7-3-2-4-8-15/h2-4,7-8,11-13,16,26H,5-6,9-10H2,1H3/b19-13+,24-22?. The van der Waals surface area contributed by atoms with Crippen LogP contribution in [0.15, 0.2) is 52.4 Å². The number of rotatable bonds is 4. The summed E-state index contributed by atoms with van der Waals surface area (Å²) in [5.74, 6) is 0.503. The first-order chi connectivity index (χ1) is 14.1. The summed E-state index contributed by atoms with van der Waals surface area (Å²) in [6.45, 7) is 0. The molecule has 0 atom stereocenters. The first-order valence-electron chi connectivity index (χ1n) is 9.50. The maximum absolute atomic E-state index is 13.3. The molecule has 4 rings (SSSR count). The van der Waals surface area contributed by atoms with E-state index in [1.165, 1.54) is 18.9 Å². The van der Waals surface area contributed by atoms with Crippen molar-refractivity contribution in [2.45, 2.75) is 31.7 Å². The summed E-state index contributed by atoms with van der Waals surface area (Å²) in [4.78, 5) is 20.6. The van der Waals surface area contributed by atoms with Crippen LogP contribution >= 0.6 is 34.4 Å². The fourth-order valence-electron chi connectivity index (χ4n) is 3.65. The van der Waals surface area contributed by atoms with E-state index in [0.29, 0.717) is 14.2 Å². The van der Waals surface area contributed by atoms with Crippen LogP contribution in [0.3, 0.4) is 0 Å². The van der Waals surface area contributed by atoms with Gasteiger partial charge in [-0.15, -0.1) is 0 Å². The third-order valence-electron chi connectivity index (χ3n) is 5.08. The van der Waals surface area contributed by atoms with Crippen LogP contribution in [0.2, 0.25) is 0 Å². The van der Waals surface area contributed by atoms with Crippen LogP contribution in [0, 0.1) is 3.57 Å². The molecule has 0 bridgehead atoms. The minimum absolute atomic E-state index is 0.00127. The second-order valence-corrected chi connectivity index (χ2v) is 9.18. The van der Waals surface area contributed by atoms with E-state index in [-0.39, 0.29) is 17.7 Å². The quantitative estimate of drug-likeness (QED) is 0.424. The Morgan fingerprint density at radius 2 is 1.97 bits per heavy atom.